The van der Waals surface area contributed by atoms with Crippen molar-refractivity contribution in [1.82, 2.24) is 23.6 Å². The van der Waals surface area contributed by atoms with Crippen molar-refractivity contribution in [3.05, 3.63) is 45.1 Å². The molecule has 38 heavy (non-hydrogen) atoms. The fourth-order valence-electron chi connectivity index (χ4n) is 5.30. The first-order chi connectivity index (χ1) is 18.6. The van der Waals surface area contributed by atoms with Gasteiger partial charge in [0, 0.05) is 51.5 Å². The van der Waals surface area contributed by atoms with E-state index >= 15 is 0 Å². The van der Waals surface area contributed by atoms with Crippen LogP contribution in [-0.2, 0) is 24.4 Å². The van der Waals surface area contributed by atoms with Gasteiger partial charge in [-0.1, -0.05) is 26.7 Å². The molecule has 206 valence electrons. The third-order valence-electron chi connectivity index (χ3n) is 7.50. The van der Waals surface area contributed by atoms with Gasteiger partial charge < -0.3 is 18.9 Å². The summed E-state index contributed by atoms with van der Waals surface area (Å²) >= 11 is 0. The standard InChI is InChI=1S/C28H40N6O4/c1-3-5-12-33-25-24(26(35)34(28(33)36)13-6-4-2)32-15-7-14-31(27(32)29-25)22-8-10-23(11-9-22)38-21-18-30-16-19-37-20-17-30/h8-11H,3-7,12-21H2,1-2H3. The minimum atomic E-state index is -0.245. The average Bonchev–Trinajstić information content (AvgIpc) is 3.34. The first-order valence-electron chi connectivity index (χ1n) is 14.2. The first-order valence-corrected chi connectivity index (χ1v) is 14.2. The van der Waals surface area contributed by atoms with Crippen molar-refractivity contribution >= 4 is 22.8 Å². The molecule has 0 N–H and O–H groups in total. The maximum Gasteiger partial charge on any atom is 0.332 e. The van der Waals surface area contributed by atoms with E-state index < -0.39 is 0 Å². The number of hydrogen-bond donors (Lipinski definition) is 0. The lowest BCUT2D eigenvalue weighted by atomic mass is 10.2. The van der Waals surface area contributed by atoms with Gasteiger partial charge in [-0.3, -0.25) is 18.8 Å². The predicted molar refractivity (Wildman–Crippen MR) is 149 cm³/mol. The first kappa shape index (κ1) is 26.5. The molecule has 1 saturated heterocycles. The Balaban J connectivity index is 1.42. The van der Waals surface area contributed by atoms with Gasteiger partial charge in [-0.2, -0.15) is 4.98 Å². The average molecular weight is 525 g/mol. The van der Waals surface area contributed by atoms with E-state index in [4.69, 9.17) is 14.5 Å². The van der Waals surface area contributed by atoms with Crippen molar-refractivity contribution in [2.45, 2.75) is 65.6 Å². The molecule has 0 aliphatic carbocycles. The van der Waals surface area contributed by atoms with E-state index in [-0.39, 0.29) is 11.2 Å². The summed E-state index contributed by atoms with van der Waals surface area (Å²) in [5.74, 6) is 1.56. The predicted octanol–water partition coefficient (Wildman–Crippen LogP) is 3.21. The van der Waals surface area contributed by atoms with E-state index in [2.05, 4.69) is 23.6 Å². The Morgan fingerprint density at radius 1 is 0.895 bits per heavy atom. The van der Waals surface area contributed by atoms with Crippen LogP contribution in [-0.4, -0.2) is 69.6 Å². The molecular weight excluding hydrogens is 484 g/mol. The normalized spacial score (nSPS) is 16.2. The van der Waals surface area contributed by atoms with E-state index in [9.17, 15) is 9.59 Å². The Labute approximate surface area is 223 Å². The van der Waals surface area contributed by atoms with Crippen LogP contribution in [0.15, 0.2) is 33.9 Å². The zero-order valence-electron chi connectivity index (χ0n) is 22.7. The van der Waals surface area contributed by atoms with Crippen LogP contribution >= 0.6 is 0 Å². The van der Waals surface area contributed by atoms with E-state index in [1.807, 2.05) is 28.8 Å². The number of aromatic nitrogens is 4. The van der Waals surface area contributed by atoms with Crippen molar-refractivity contribution in [3.63, 3.8) is 0 Å². The molecule has 0 saturated carbocycles. The van der Waals surface area contributed by atoms with Crippen molar-refractivity contribution in [3.8, 4) is 5.75 Å². The highest BCUT2D eigenvalue weighted by atomic mass is 16.5. The Hall–Kier alpha value is -3.11. The fraction of sp³-hybridized carbons (Fsp3) is 0.607. The van der Waals surface area contributed by atoms with E-state index in [1.165, 1.54) is 4.57 Å². The number of imidazole rings is 1. The van der Waals surface area contributed by atoms with E-state index in [0.717, 1.165) is 88.9 Å². The molecule has 0 unspecified atom stereocenters. The van der Waals surface area contributed by atoms with Crippen LogP contribution in [0.1, 0.15) is 46.0 Å². The second-order valence-electron chi connectivity index (χ2n) is 10.1. The SMILES string of the molecule is CCCCn1c(=O)c2c(nc3n2CCCN3c2ccc(OCCN3CCOCC3)cc2)n(CCCC)c1=O. The molecular formula is C28H40N6O4. The summed E-state index contributed by atoms with van der Waals surface area (Å²) in [7, 11) is 0. The summed E-state index contributed by atoms with van der Waals surface area (Å²) in [5.41, 5.74) is 1.57. The molecule has 0 bridgehead atoms. The van der Waals surface area contributed by atoms with Gasteiger partial charge in [0.05, 0.1) is 13.2 Å². The minimum absolute atomic E-state index is 0.226. The molecule has 1 aromatic carbocycles. The molecule has 0 atom stereocenters. The van der Waals surface area contributed by atoms with Gasteiger partial charge in [-0.25, -0.2) is 4.79 Å². The van der Waals surface area contributed by atoms with Gasteiger partial charge >= 0.3 is 5.69 Å². The number of nitrogens with zero attached hydrogens (tertiary/aromatic N) is 6. The number of benzene rings is 1. The summed E-state index contributed by atoms with van der Waals surface area (Å²) < 4.78 is 16.5. The van der Waals surface area contributed by atoms with Gasteiger partial charge in [0.2, 0.25) is 5.95 Å². The van der Waals surface area contributed by atoms with E-state index in [0.29, 0.717) is 37.4 Å². The summed E-state index contributed by atoms with van der Waals surface area (Å²) in [6, 6.07) is 8.07. The Morgan fingerprint density at radius 2 is 1.61 bits per heavy atom. The molecule has 4 heterocycles. The Kier molecular flexibility index (Phi) is 8.48. The Bertz CT molecular complexity index is 1340. The van der Waals surface area contributed by atoms with E-state index in [1.54, 1.807) is 4.57 Å². The van der Waals surface area contributed by atoms with Crippen LogP contribution in [0.25, 0.3) is 11.2 Å². The lowest BCUT2D eigenvalue weighted by Crippen LogP contribution is -2.41. The van der Waals surface area contributed by atoms with Crippen molar-refractivity contribution < 1.29 is 9.47 Å². The number of fused-ring (bicyclic) bond motifs is 3. The number of unbranched alkanes of at least 4 members (excludes halogenated alkanes) is 2. The summed E-state index contributed by atoms with van der Waals surface area (Å²) in [6.45, 7) is 11.7. The van der Waals surface area contributed by atoms with Gasteiger partial charge in [-0.15, -0.1) is 0 Å². The molecule has 10 nitrogen and oxygen atoms in total. The van der Waals surface area contributed by atoms with Crippen molar-refractivity contribution in [2.24, 2.45) is 0 Å². The van der Waals surface area contributed by atoms with Gasteiger partial charge in [0.1, 0.15) is 12.4 Å². The molecule has 2 aromatic heterocycles. The zero-order chi connectivity index (χ0) is 26.5. The van der Waals surface area contributed by atoms with Gasteiger partial charge in [-0.05, 0) is 43.5 Å². The molecule has 0 spiro atoms. The maximum atomic E-state index is 13.6. The van der Waals surface area contributed by atoms with Crippen LogP contribution in [0, 0.1) is 0 Å². The monoisotopic (exact) mass is 524 g/mol. The van der Waals surface area contributed by atoms with Crippen LogP contribution in [0.3, 0.4) is 0 Å². The van der Waals surface area contributed by atoms with Gasteiger partial charge in [0.15, 0.2) is 11.2 Å². The molecule has 0 amide bonds. The smallest absolute Gasteiger partial charge is 0.332 e. The molecule has 5 rings (SSSR count). The number of ether oxygens (including phenoxy) is 2. The topological polar surface area (TPSA) is 86.8 Å². The third kappa shape index (κ3) is 5.37. The largest absolute Gasteiger partial charge is 0.492 e. The van der Waals surface area contributed by atoms with Crippen molar-refractivity contribution in [1.29, 1.82) is 0 Å². The van der Waals surface area contributed by atoms with Gasteiger partial charge in [0.25, 0.3) is 5.56 Å². The number of rotatable bonds is 11. The summed E-state index contributed by atoms with van der Waals surface area (Å²) in [4.78, 5) is 36.3. The fourth-order valence-corrected chi connectivity index (χ4v) is 5.30. The summed E-state index contributed by atoms with van der Waals surface area (Å²) in [5, 5.41) is 0. The van der Waals surface area contributed by atoms with Crippen molar-refractivity contribution in [2.75, 3.05) is 50.9 Å². The number of morpholine rings is 1. The lowest BCUT2D eigenvalue weighted by molar-refractivity contribution is 0.0322. The second-order valence-corrected chi connectivity index (χ2v) is 10.1. The molecule has 1 fully saturated rings. The van der Waals surface area contributed by atoms with Crippen LogP contribution in [0.2, 0.25) is 0 Å². The zero-order valence-corrected chi connectivity index (χ0v) is 22.7. The number of hydrogen-bond acceptors (Lipinski definition) is 7. The van der Waals surface area contributed by atoms with Crippen LogP contribution < -0.4 is 20.9 Å². The molecule has 2 aliphatic heterocycles. The highest BCUT2D eigenvalue weighted by Gasteiger charge is 2.27. The van der Waals surface area contributed by atoms with Crippen LogP contribution in [0.5, 0.6) is 5.75 Å². The number of aryl methyl sites for hydroxylation is 2. The number of anilines is 2. The maximum absolute atomic E-state index is 13.6. The highest BCUT2D eigenvalue weighted by molar-refractivity contribution is 5.77. The Morgan fingerprint density at radius 3 is 2.32 bits per heavy atom. The summed E-state index contributed by atoms with van der Waals surface area (Å²) in [6.07, 6.45) is 4.42. The molecule has 10 heteroatoms. The third-order valence-corrected chi connectivity index (χ3v) is 7.50. The highest BCUT2D eigenvalue weighted by Crippen LogP contribution is 2.32. The molecule has 0 radical (unpaired) electrons. The van der Waals surface area contributed by atoms with Crippen LogP contribution in [0.4, 0.5) is 11.6 Å². The molecule has 3 aromatic rings. The lowest BCUT2D eigenvalue weighted by Gasteiger charge is -2.29. The minimum Gasteiger partial charge on any atom is -0.492 e. The quantitative estimate of drug-likeness (QED) is 0.381. The molecule has 2 aliphatic rings. The second kappa shape index (κ2) is 12.2.